The van der Waals surface area contributed by atoms with E-state index in [1.165, 1.54) is 0 Å². The van der Waals surface area contributed by atoms with Gasteiger partial charge in [-0.25, -0.2) is 0 Å². The van der Waals surface area contributed by atoms with Crippen molar-refractivity contribution >= 4 is 11.6 Å². The fourth-order valence-corrected chi connectivity index (χ4v) is 2.72. The molecule has 7 nitrogen and oxygen atoms in total. The van der Waals surface area contributed by atoms with Gasteiger partial charge in [0.25, 0.3) is 5.91 Å². The molecular weight excluding hydrogens is 318 g/mol. The summed E-state index contributed by atoms with van der Waals surface area (Å²) in [5.74, 6) is 0.919. The van der Waals surface area contributed by atoms with E-state index in [2.05, 4.69) is 41.4 Å². The molecule has 3 rings (SSSR count). The molecule has 7 heteroatoms. The second-order valence-electron chi connectivity index (χ2n) is 6.23. The number of carbonyl (C=O) groups is 1. The zero-order valence-electron chi connectivity index (χ0n) is 14.8. The number of pyridine rings is 1. The zero-order chi connectivity index (χ0) is 17.8. The summed E-state index contributed by atoms with van der Waals surface area (Å²) in [6, 6.07) is 7.18. The van der Waals surface area contributed by atoms with Crippen molar-refractivity contribution in [3.05, 3.63) is 47.7 Å². The van der Waals surface area contributed by atoms with Crippen LogP contribution in [-0.2, 0) is 0 Å². The van der Waals surface area contributed by atoms with E-state index >= 15 is 0 Å². The molecule has 2 unspecified atom stereocenters. The summed E-state index contributed by atoms with van der Waals surface area (Å²) in [6.07, 6.45) is 4.50. The molecule has 132 valence electrons. The van der Waals surface area contributed by atoms with Gasteiger partial charge in [0, 0.05) is 18.2 Å². The van der Waals surface area contributed by atoms with Gasteiger partial charge in [-0.05, 0) is 25.0 Å². The summed E-state index contributed by atoms with van der Waals surface area (Å²) in [5, 5.41) is 15.4. The van der Waals surface area contributed by atoms with Crippen LogP contribution in [0, 0.1) is 0 Å². The van der Waals surface area contributed by atoms with Gasteiger partial charge in [-0.2, -0.15) is 0 Å². The first kappa shape index (κ1) is 17.1. The van der Waals surface area contributed by atoms with Gasteiger partial charge in [0.1, 0.15) is 0 Å². The number of hydrogen-bond donors (Lipinski definition) is 1. The van der Waals surface area contributed by atoms with Gasteiger partial charge in [-0.1, -0.05) is 38.4 Å². The van der Waals surface area contributed by atoms with E-state index in [1.54, 1.807) is 6.07 Å². The van der Waals surface area contributed by atoms with Crippen LogP contribution in [0.5, 0.6) is 0 Å². The summed E-state index contributed by atoms with van der Waals surface area (Å²) in [7, 11) is 0. The number of nitrogens with one attached hydrogen (secondary N) is 1. The second-order valence-corrected chi connectivity index (χ2v) is 6.23. The maximum Gasteiger partial charge on any atom is 0.290 e. The van der Waals surface area contributed by atoms with Crippen molar-refractivity contribution in [3.63, 3.8) is 0 Å². The lowest BCUT2D eigenvalue weighted by Crippen LogP contribution is -2.29. The van der Waals surface area contributed by atoms with Crippen LogP contribution < -0.4 is 5.32 Å². The molecule has 0 aromatic carbocycles. The average molecular weight is 341 g/mol. The monoisotopic (exact) mass is 341 g/mol. The van der Waals surface area contributed by atoms with Crippen molar-refractivity contribution in [2.45, 2.75) is 52.0 Å². The molecule has 0 spiro atoms. The topological polar surface area (TPSA) is 85.3 Å². The van der Waals surface area contributed by atoms with Crippen molar-refractivity contribution < 1.29 is 9.32 Å². The molecule has 0 aliphatic carbocycles. The number of hydrogen-bond acceptors (Lipinski definition) is 5. The van der Waals surface area contributed by atoms with Crippen molar-refractivity contribution in [1.82, 2.24) is 25.1 Å². The molecule has 1 N–H and O–H groups in total. The summed E-state index contributed by atoms with van der Waals surface area (Å²) in [5.41, 5.74) is 1.55. The highest BCUT2D eigenvalue weighted by Crippen LogP contribution is 2.21. The number of rotatable bonds is 7. The number of aromatic nitrogens is 4. The lowest BCUT2D eigenvalue weighted by molar-refractivity contribution is 0.0894. The van der Waals surface area contributed by atoms with Crippen LogP contribution in [0.15, 0.2) is 35.0 Å². The number of fused-ring (bicyclic) bond motifs is 1. The summed E-state index contributed by atoms with van der Waals surface area (Å²) in [4.78, 5) is 12.6. The van der Waals surface area contributed by atoms with E-state index in [9.17, 15) is 4.79 Å². The predicted molar refractivity (Wildman–Crippen MR) is 93.3 cm³/mol. The highest BCUT2D eigenvalue weighted by atomic mass is 16.5. The summed E-state index contributed by atoms with van der Waals surface area (Å²) in [6.45, 7) is 6.20. The van der Waals surface area contributed by atoms with Gasteiger partial charge in [0.05, 0.1) is 11.7 Å². The smallest absolute Gasteiger partial charge is 0.290 e. The first-order chi connectivity index (χ1) is 12.1. The van der Waals surface area contributed by atoms with Crippen molar-refractivity contribution in [2.24, 2.45) is 0 Å². The Hall–Kier alpha value is -2.70. The van der Waals surface area contributed by atoms with E-state index in [0.29, 0.717) is 5.82 Å². The molecule has 2 atom stereocenters. The Kier molecular flexibility index (Phi) is 5.11. The Balaban J connectivity index is 1.82. The van der Waals surface area contributed by atoms with Crippen molar-refractivity contribution in [2.75, 3.05) is 0 Å². The van der Waals surface area contributed by atoms with Crippen LogP contribution in [0.4, 0.5) is 0 Å². The van der Waals surface area contributed by atoms with Crippen molar-refractivity contribution in [3.8, 4) is 0 Å². The fourth-order valence-electron chi connectivity index (χ4n) is 2.72. The molecule has 1 amide bonds. The Morgan fingerprint density at radius 1 is 1.32 bits per heavy atom. The first-order valence-corrected chi connectivity index (χ1v) is 8.71. The van der Waals surface area contributed by atoms with Gasteiger partial charge in [-0.15, -0.1) is 10.2 Å². The van der Waals surface area contributed by atoms with E-state index in [1.807, 2.05) is 28.8 Å². The van der Waals surface area contributed by atoms with Crippen LogP contribution in [0.1, 0.15) is 74.1 Å². The molecule has 3 aromatic heterocycles. The Labute approximate surface area is 146 Å². The largest absolute Gasteiger partial charge is 0.351 e. The molecule has 0 saturated carbocycles. The standard InChI is InChI=1S/C18H23N5O2/c1-4-8-13(17-21-20-16-9-6-7-10-23(16)17)19-18(24)15-11-14(22-25-15)12(3)5-2/h6-7,9-13H,4-5,8H2,1-3H3,(H,19,24). The van der Waals surface area contributed by atoms with Crippen molar-refractivity contribution in [1.29, 1.82) is 0 Å². The number of amides is 1. The molecular formula is C18H23N5O2. The van der Waals surface area contributed by atoms with Crippen LogP contribution >= 0.6 is 0 Å². The van der Waals surface area contributed by atoms with Crippen LogP contribution in [0.3, 0.4) is 0 Å². The Morgan fingerprint density at radius 2 is 2.16 bits per heavy atom. The molecule has 0 radical (unpaired) electrons. The van der Waals surface area contributed by atoms with E-state index in [-0.39, 0.29) is 23.6 Å². The minimum Gasteiger partial charge on any atom is -0.351 e. The maximum atomic E-state index is 12.6. The van der Waals surface area contributed by atoms with E-state index in [4.69, 9.17) is 4.52 Å². The first-order valence-electron chi connectivity index (χ1n) is 8.71. The second kappa shape index (κ2) is 7.46. The molecule has 0 saturated heterocycles. The van der Waals surface area contributed by atoms with Gasteiger partial charge in [0.15, 0.2) is 11.5 Å². The molecule has 25 heavy (non-hydrogen) atoms. The molecule has 3 aromatic rings. The minimum atomic E-state index is -0.284. The summed E-state index contributed by atoms with van der Waals surface area (Å²) >= 11 is 0. The quantitative estimate of drug-likeness (QED) is 0.711. The van der Waals surface area contributed by atoms with Gasteiger partial charge in [0.2, 0.25) is 5.76 Å². The average Bonchev–Trinajstić information content (AvgIpc) is 3.28. The van der Waals surface area contributed by atoms with E-state index < -0.39 is 0 Å². The molecule has 0 fully saturated rings. The normalized spacial score (nSPS) is 13.7. The zero-order valence-corrected chi connectivity index (χ0v) is 14.8. The SMILES string of the molecule is CCCC(NC(=O)c1cc(C(C)CC)no1)c1nnc2ccccn12. The third-order valence-corrected chi connectivity index (χ3v) is 4.40. The Morgan fingerprint density at radius 3 is 2.92 bits per heavy atom. The van der Waals surface area contributed by atoms with Crippen LogP contribution in [-0.4, -0.2) is 25.7 Å². The number of nitrogens with zero attached hydrogens (tertiary/aromatic N) is 4. The summed E-state index contributed by atoms with van der Waals surface area (Å²) < 4.78 is 7.12. The predicted octanol–water partition coefficient (Wildman–Crippen LogP) is 3.50. The minimum absolute atomic E-state index is 0.227. The van der Waals surface area contributed by atoms with Gasteiger partial charge >= 0.3 is 0 Å². The van der Waals surface area contributed by atoms with Crippen LogP contribution in [0.2, 0.25) is 0 Å². The highest BCUT2D eigenvalue weighted by Gasteiger charge is 2.23. The van der Waals surface area contributed by atoms with Gasteiger partial charge in [-0.3, -0.25) is 9.20 Å². The fraction of sp³-hybridized carbons (Fsp3) is 0.444. The highest BCUT2D eigenvalue weighted by molar-refractivity contribution is 5.91. The molecule has 0 aliphatic rings. The molecule has 3 heterocycles. The van der Waals surface area contributed by atoms with E-state index in [0.717, 1.165) is 30.6 Å². The van der Waals surface area contributed by atoms with Gasteiger partial charge < -0.3 is 9.84 Å². The third-order valence-electron chi connectivity index (χ3n) is 4.40. The van der Waals surface area contributed by atoms with Crippen LogP contribution in [0.25, 0.3) is 5.65 Å². The molecule has 0 aliphatic heterocycles. The Bertz CT molecular complexity index is 854. The third kappa shape index (κ3) is 3.55. The molecule has 0 bridgehead atoms. The number of carbonyl (C=O) groups excluding carboxylic acids is 1. The maximum absolute atomic E-state index is 12.6. The lowest BCUT2D eigenvalue weighted by Gasteiger charge is -2.15. The lowest BCUT2D eigenvalue weighted by atomic mass is 10.1.